The highest BCUT2D eigenvalue weighted by Crippen LogP contribution is 2.35. The average molecular weight is 348 g/mol. The Labute approximate surface area is 156 Å². The molecule has 2 aromatic carbocycles. The zero-order valence-corrected chi connectivity index (χ0v) is 15.5. The maximum Gasteiger partial charge on any atom is 0.120 e. The Morgan fingerprint density at radius 1 is 0.962 bits per heavy atom. The number of hydrogen-bond donors (Lipinski definition) is 2. The van der Waals surface area contributed by atoms with E-state index in [0.29, 0.717) is 11.7 Å². The van der Waals surface area contributed by atoms with Crippen molar-refractivity contribution in [2.45, 2.75) is 57.7 Å². The van der Waals surface area contributed by atoms with Crippen molar-refractivity contribution in [1.82, 2.24) is 5.32 Å². The van der Waals surface area contributed by atoms with Crippen molar-refractivity contribution >= 4 is 5.71 Å². The number of para-hydroxylation sites is 1. The molecular formula is C23H28N2O. The van der Waals surface area contributed by atoms with Crippen LogP contribution in [0.3, 0.4) is 0 Å². The number of aryl methyl sites for hydroxylation is 1. The Bertz CT molecular complexity index is 775. The van der Waals surface area contributed by atoms with Crippen molar-refractivity contribution in [3.63, 3.8) is 0 Å². The summed E-state index contributed by atoms with van der Waals surface area (Å²) in [6.45, 7) is 2.11. The van der Waals surface area contributed by atoms with Crippen molar-refractivity contribution in [3.05, 3.63) is 65.2 Å². The third-order valence-corrected chi connectivity index (χ3v) is 5.86. The summed E-state index contributed by atoms with van der Waals surface area (Å²) in [6.07, 6.45) is 7.40. The highest BCUT2D eigenvalue weighted by Gasteiger charge is 2.31. The van der Waals surface area contributed by atoms with Gasteiger partial charge in [-0.2, -0.15) is 0 Å². The van der Waals surface area contributed by atoms with Crippen LogP contribution in [0, 0.1) is 12.8 Å². The molecule has 1 fully saturated rings. The zero-order valence-electron chi connectivity index (χ0n) is 15.5. The van der Waals surface area contributed by atoms with Gasteiger partial charge in [0.2, 0.25) is 0 Å². The van der Waals surface area contributed by atoms with Crippen molar-refractivity contribution in [3.8, 4) is 5.75 Å². The molecule has 1 aliphatic carbocycles. The van der Waals surface area contributed by atoms with Gasteiger partial charge >= 0.3 is 0 Å². The summed E-state index contributed by atoms with van der Waals surface area (Å²) in [4.78, 5) is 5.13. The van der Waals surface area contributed by atoms with Gasteiger partial charge in [0.1, 0.15) is 11.9 Å². The van der Waals surface area contributed by atoms with E-state index in [1.807, 2.05) is 18.2 Å². The van der Waals surface area contributed by atoms with Crippen LogP contribution in [0.5, 0.6) is 5.75 Å². The van der Waals surface area contributed by atoms with Crippen LogP contribution in [-0.4, -0.2) is 17.0 Å². The van der Waals surface area contributed by atoms with E-state index >= 15 is 0 Å². The molecular weight excluding hydrogens is 320 g/mol. The van der Waals surface area contributed by atoms with Gasteiger partial charge in [0.05, 0.1) is 0 Å². The second kappa shape index (κ2) is 7.63. The molecule has 4 rings (SSSR count). The van der Waals surface area contributed by atoms with Crippen LogP contribution in [0.1, 0.15) is 61.3 Å². The second-order valence-electron chi connectivity index (χ2n) is 7.77. The third-order valence-electron chi connectivity index (χ3n) is 5.86. The molecule has 1 heterocycles. The predicted molar refractivity (Wildman–Crippen MR) is 107 cm³/mol. The largest absolute Gasteiger partial charge is 0.508 e. The lowest BCUT2D eigenvalue weighted by Crippen LogP contribution is -2.43. The Kier molecular flexibility index (Phi) is 5.07. The van der Waals surface area contributed by atoms with Gasteiger partial charge in [0.15, 0.2) is 0 Å². The van der Waals surface area contributed by atoms with Gasteiger partial charge in [-0.3, -0.25) is 10.3 Å². The molecule has 3 heteroatoms. The minimum absolute atomic E-state index is 0.108. The van der Waals surface area contributed by atoms with Crippen molar-refractivity contribution in [1.29, 1.82) is 0 Å². The number of nitrogens with zero attached hydrogens (tertiary/aromatic N) is 1. The molecule has 26 heavy (non-hydrogen) atoms. The van der Waals surface area contributed by atoms with Gasteiger partial charge in [-0.1, -0.05) is 67.3 Å². The molecule has 136 valence electrons. The fourth-order valence-corrected chi connectivity index (χ4v) is 4.33. The van der Waals surface area contributed by atoms with Gasteiger partial charge in [-0.05, 0) is 37.3 Å². The SMILES string of the molecule is Cc1ccc(C2=N[C@@H](C3CCCCC3)N[C@H](c3ccccc3O)C2)cc1. The molecule has 2 aromatic rings. The summed E-state index contributed by atoms with van der Waals surface area (Å²) in [6, 6.07) is 16.5. The number of benzene rings is 2. The van der Waals surface area contributed by atoms with E-state index in [1.54, 1.807) is 6.07 Å². The first kappa shape index (κ1) is 17.3. The summed E-state index contributed by atoms with van der Waals surface area (Å²) in [5.74, 6) is 0.968. The van der Waals surface area contributed by atoms with Crippen molar-refractivity contribution in [2.75, 3.05) is 0 Å². The van der Waals surface area contributed by atoms with Crippen LogP contribution in [-0.2, 0) is 0 Å². The van der Waals surface area contributed by atoms with Crippen molar-refractivity contribution in [2.24, 2.45) is 10.9 Å². The Morgan fingerprint density at radius 3 is 2.42 bits per heavy atom. The standard InChI is InChI=1S/C23H28N2O/c1-16-11-13-17(14-12-16)20-15-21(19-9-5-6-10-22(19)26)25-23(24-20)18-7-3-2-4-8-18/h5-6,9-14,18,21,23,25-26H,2-4,7-8,15H2,1H3/t21-,23+/m0/s1. The molecule has 2 aliphatic rings. The van der Waals surface area contributed by atoms with Crippen LogP contribution in [0.2, 0.25) is 0 Å². The van der Waals surface area contributed by atoms with Gasteiger partial charge in [0, 0.05) is 23.7 Å². The van der Waals surface area contributed by atoms with Crippen LogP contribution in [0.4, 0.5) is 0 Å². The minimum Gasteiger partial charge on any atom is -0.508 e. The molecule has 0 radical (unpaired) electrons. The van der Waals surface area contributed by atoms with Crippen LogP contribution in [0.25, 0.3) is 0 Å². The lowest BCUT2D eigenvalue weighted by Gasteiger charge is -2.36. The fraction of sp³-hybridized carbons (Fsp3) is 0.435. The third kappa shape index (κ3) is 3.68. The molecule has 1 aliphatic heterocycles. The van der Waals surface area contributed by atoms with Crippen LogP contribution >= 0.6 is 0 Å². The van der Waals surface area contributed by atoms with Gasteiger partial charge in [-0.15, -0.1) is 0 Å². The van der Waals surface area contributed by atoms with E-state index in [1.165, 1.54) is 43.2 Å². The number of rotatable bonds is 3. The molecule has 0 bridgehead atoms. The summed E-state index contributed by atoms with van der Waals surface area (Å²) in [7, 11) is 0. The molecule has 1 saturated carbocycles. The fourth-order valence-electron chi connectivity index (χ4n) is 4.33. The summed E-state index contributed by atoms with van der Waals surface area (Å²) in [5, 5.41) is 14.1. The first-order valence-electron chi connectivity index (χ1n) is 9.88. The molecule has 3 nitrogen and oxygen atoms in total. The Morgan fingerprint density at radius 2 is 1.69 bits per heavy atom. The van der Waals surface area contributed by atoms with E-state index < -0.39 is 0 Å². The summed E-state index contributed by atoms with van der Waals surface area (Å²) >= 11 is 0. The van der Waals surface area contributed by atoms with E-state index in [9.17, 15) is 5.11 Å². The van der Waals surface area contributed by atoms with E-state index in [0.717, 1.165) is 17.7 Å². The minimum atomic E-state index is 0.108. The van der Waals surface area contributed by atoms with Crippen LogP contribution < -0.4 is 5.32 Å². The predicted octanol–water partition coefficient (Wildman–Crippen LogP) is 5.13. The molecule has 0 amide bonds. The molecule has 2 atom stereocenters. The number of phenolic OH excluding ortho intramolecular Hbond substituents is 1. The van der Waals surface area contributed by atoms with Gasteiger partial charge < -0.3 is 5.11 Å². The quantitative estimate of drug-likeness (QED) is 0.807. The maximum absolute atomic E-state index is 10.4. The molecule has 0 spiro atoms. The number of hydrogen-bond acceptors (Lipinski definition) is 3. The zero-order chi connectivity index (χ0) is 17.9. The second-order valence-corrected chi connectivity index (χ2v) is 7.77. The number of nitrogens with one attached hydrogen (secondary N) is 1. The number of aliphatic imine (C=N–C) groups is 1. The summed E-state index contributed by atoms with van der Waals surface area (Å²) < 4.78 is 0. The lowest BCUT2D eigenvalue weighted by molar-refractivity contribution is 0.249. The maximum atomic E-state index is 10.4. The molecule has 2 N–H and O–H groups in total. The highest BCUT2D eigenvalue weighted by molar-refractivity contribution is 6.01. The van der Waals surface area contributed by atoms with Crippen molar-refractivity contribution < 1.29 is 5.11 Å². The summed E-state index contributed by atoms with van der Waals surface area (Å²) in [5.41, 5.74) is 4.61. The molecule has 0 unspecified atom stereocenters. The monoisotopic (exact) mass is 348 g/mol. The Balaban J connectivity index is 1.67. The number of phenols is 1. The average Bonchev–Trinajstić information content (AvgIpc) is 2.69. The first-order chi connectivity index (χ1) is 12.7. The van der Waals surface area contributed by atoms with Gasteiger partial charge in [-0.25, -0.2) is 0 Å². The topological polar surface area (TPSA) is 44.6 Å². The lowest BCUT2D eigenvalue weighted by atomic mass is 9.84. The number of aromatic hydroxyl groups is 1. The van der Waals surface area contributed by atoms with E-state index in [2.05, 4.69) is 36.5 Å². The molecule has 0 saturated heterocycles. The smallest absolute Gasteiger partial charge is 0.120 e. The van der Waals surface area contributed by atoms with Gasteiger partial charge in [0.25, 0.3) is 0 Å². The van der Waals surface area contributed by atoms with E-state index in [4.69, 9.17) is 4.99 Å². The normalized spacial score (nSPS) is 24.3. The van der Waals surface area contributed by atoms with Crippen LogP contribution in [0.15, 0.2) is 53.5 Å². The first-order valence-corrected chi connectivity index (χ1v) is 9.88. The van der Waals surface area contributed by atoms with E-state index in [-0.39, 0.29) is 12.2 Å². The molecule has 0 aromatic heterocycles. The highest BCUT2D eigenvalue weighted by atomic mass is 16.3. The Hall–Kier alpha value is -2.13.